The van der Waals surface area contributed by atoms with Gasteiger partial charge in [-0.15, -0.1) is 0 Å². The van der Waals surface area contributed by atoms with Crippen molar-refractivity contribution in [2.45, 2.75) is 56.1 Å². The van der Waals surface area contributed by atoms with E-state index in [0.717, 1.165) is 23.3 Å². The molecule has 1 spiro atoms. The maximum Gasteiger partial charge on any atom is 0.325 e. The second-order valence-electron chi connectivity index (χ2n) is 7.99. The topological polar surface area (TPSA) is 95.7 Å². The van der Waals surface area contributed by atoms with Gasteiger partial charge in [0.15, 0.2) is 0 Å². The summed E-state index contributed by atoms with van der Waals surface area (Å²) in [6.45, 7) is 2.57. The van der Waals surface area contributed by atoms with Crippen LogP contribution in [-0.4, -0.2) is 58.4 Å². The first kappa shape index (κ1) is 18.0. The quantitative estimate of drug-likeness (QED) is 0.782. The summed E-state index contributed by atoms with van der Waals surface area (Å²) in [7, 11) is 0. The molecule has 2 heterocycles. The summed E-state index contributed by atoms with van der Waals surface area (Å²) >= 11 is 0. The van der Waals surface area contributed by atoms with Crippen molar-refractivity contribution in [3.05, 3.63) is 35.9 Å². The Labute approximate surface area is 158 Å². The van der Waals surface area contributed by atoms with Crippen molar-refractivity contribution in [2.75, 3.05) is 13.1 Å². The van der Waals surface area contributed by atoms with Crippen LogP contribution >= 0.6 is 0 Å². The van der Waals surface area contributed by atoms with E-state index in [0.29, 0.717) is 25.9 Å². The van der Waals surface area contributed by atoms with Crippen LogP contribution in [0.15, 0.2) is 30.3 Å². The molecule has 0 radical (unpaired) electrons. The first-order valence-electron chi connectivity index (χ1n) is 9.68. The number of benzene rings is 1. The Kier molecular flexibility index (Phi) is 4.42. The zero-order chi connectivity index (χ0) is 19.2. The Morgan fingerprint density at radius 2 is 1.85 bits per heavy atom. The second-order valence-corrected chi connectivity index (χ2v) is 7.99. The summed E-state index contributed by atoms with van der Waals surface area (Å²) in [4.78, 5) is 41.2. The Morgan fingerprint density at radius 1 is 1.19 bits per heavy atom. The van der Waals surface area contributed by atoms with E-state index in [1.165, 1.54) is 0 Å². The number of imide groups is 1. The van der Waals surface area contributed by atoms with Gasteiger partial charge in [0.2, 0.25) is 5.91 Å². The Morgan fingerprint density at radius 3 is 2.52 bits per heavy atom. The monoisotopic (exact) mass is 370 g/mol. The zero-order valence-electron chi connectivity index (χ0n) is 15.6. The average Bonchev–Trinajstić information content (AvgIpc) is 3.34. The van der Waals surface area contributed by atoms with E-state index in [2.05, 4.69) is 5.32 Å². The van der Waals surface area contributed by atoms with Crippen molar-refractivity contribution in [1.29, 1.82) is 0 Å². The lowest BCUT2D eigenvalue weighted by Crippen LogP contribution is -2.51. The molecule has 1 aromatic rings. The number of carbonyl (C=O) groups is 3. The molecule has 7 nitrogen and oxygen atoms in total. The third-order valence-corrected chi connectivity index (χ3v) is 6.30. The summed E-state index contributed by atoms with van der Waals surface area (Å²) in [5, 5.41) is 2.84. The van der Waals surface area contributed by atoms with E-state index in [-0.39, 0.29) is 23.8 Å². The number of hydrogen-bond donors (Lipinski definition) is 2. The number of nitrogens with one attached hydrogen (secondary N) is 1. The van der Waals surface area contributed by atoms with Gasteiger partial charge in [-0.05, 0) is 25.3 Å². The van der Waals surface area contributed by atoms with E-state index < -0.39 is 17.6 Å². The predicted octanol–water partition coefficient (Wildman–Crippen LogP) is 1.19. The molecule has 3 atom stereocenters. The molecule has 4 amide bonds. The molecule has 1 unspecified atom stereocenters. The number of amides is 4. The van der Waals surface area contributed by atoms with E-state index in [1.807, 2.05) is 30.3 Å². The molecular weight excluding hydrogens is 344 g/mol. The number of likely N-dealkylation sites (tertiary alicyclic amines) is 1. The number of urea groups is 1. The van der Waals surface area contributed by atoms with Crippen LogP contribution in [0, 0.1) is 0 Å². The Bertz CT molecular complexity index is 760. The fourth-order valence-electron chi connectivity index (χ4n) is 4.75. The van der Waals surface area contributed by atoms with Gasteiger partial charge in [0, 0.05) is 25.0 Å². The van der Waals surface area contributed by atoms with E-state index in [1.54, 1.807) is 11.8 Å². The van der Waals surface area contributed by atoms with Gasteiger partial charge in [-0.3, -0.25) is 9.59 Å². The first-order chi connectivity index (χ1) is 12.9. The van der Waals surface area contributed by atoms with E-state index in [9.17, 15) is 14.4 Å². The molecule has 3 N–H and O–H groups in total. The SMILES string of the molecule is CC(C(=O)N1C[C@@H](N)[C@H](c2ccccc2)C1)N1C(=O)NC2(CCCC2)C1=O. The van der Waals surface area contributed by atoms with Crippen LogP contribution in [0.1, 0.15) is 44.1 Å². The number of carbonyl (C=O) groups excluding carboxylic acids is 3. The van der Waals surface area contributed by atoms with Crippen molar-refractivity contribution in [3.8, 4) is 0 Å². The van der Waals surface area contributed by atoms with Crippen molar-refractivity contribution in [3.63, 3.8) is 0 Å². The summed E-state index contributed by atoms with van der Waals surface area (Å²) in [6.07, 6.45) is 3.14. The van der Waals surface area contributed by atoms with Gasteiger partial charge >= 0.3 is 6.03 Å². The van der Waals surface area contributed by atoms with Crippen LogP contribution in [0.25, 0.3) is 0 Å². The third kappa shape index (κ3) is 2.90. The molecule has 0 bridgehead atoms. The number of rotatable bonds is 3. The summed E-state index contributed by atoms with van der Waals surface area (Å²) in [5.74, 6) is -0.414. The van der Waals surface area contributed by atoms with Gasteiger partial charge in [0.1, 0.15) is 11.6 Å². The van der Waals surface area contributed by atoms with Crippen molar-refractivity contribution in [2.24, 2.45) is 5.73 Å². The number of nitrogens with zero attached hydrogens (tertiary/aromatic N) is 2. The van der Waals surface area contributed by atoms with Crippen LogP contribution in [-0.2, 0) is 9.59 Å². The lowest BCUT2D eigenvalue weighted by molar-refractivity contribution is -0.142. The zero-order valence-corrected chi connectivity index (χ0v) is 15.6. The maximum atomic E-state index is 13.0. The molecule has 1 aromatic carbocycles. The number of nitrogens with two attached hydrogens (primary N) is 1. The highest BCUT2D eigenvalue weighted by Crippen LogP contribution is 2.36. The van der Waals surface area contributed by atoms with Gasteiger partial charge in [0.25, 0.3) is 5.91 Å². The predicted molar refractivity (Wildman–Crippen MR) is 99.8 cm³/mol. The van der Waals surface area contributed by atoms with Crippen LogP contribution < -0.4 is 11.1 Å². The van der Waals surface area contributed by atoms with Crippen LogP contribution in [0.5, 0.6) is 0 Å². The summed E-state index contributed by atoms with van der Waals surface area (Å²) in [5.41, 5.74) is 6.60. The molecule has 3 fully saturated rings. The summed E-state index contributed by atoms with van der Waals surface area (Å²) < 4.78 is 0. The van der Waals surface area contributed by atoms with Gasteiger partial charge in [0.05, 0.1) is 0 Å². The maximum absolute atomic E-state index is 13.0. The molecule has 2 saturated heterocycles. The lowest BCUT2D eigenvalue weighted by Gasteiger charge is -2.27. The molecule has 7 heteroatoms. The van der Waals surface area contributed by atoms with Gasteiger partial charge in [-0.2, -0.15) is 0 Å². The van der Waals surface area contributed by atoms with Crippen LogP contribution in [0.2, 0.25) is 0 Å². The smallest absolute Gasteiger partial charge is 0.325 e. The highest BCUT2D eigenvalue weighted by Gasteiger charge is 2.55. The average molecular weight is 370 g/mol. The third-order valence-electron chi connectivity index (χ3n) is 6.30. The van der Waals surface area contributed by atoms with Crippen molar-refractivity contribution < 1.29 is 14.4 Å². The van der Waals surface area contributed by atoms with Gasteiger partial charge < -0.3 is 16.0 Å². The molecule has 3 aliphatic rings. The molecule has 27 heavy (non-hydrogen) atoms. The van der Waals surface area contributed by atoms with Gasteiger partial charge in [-0.1, -0.05) is 43.2 Å². The summed E-state index contributed by atoms with van der Waals surface area (Å²) in [6, 6.07) is 8.47. The molecule has 1 saturated carbocycles. The molecule has 2 aliphatic heterocycles. The molecule has 0 aromatic heterocycles. The highest BCUT2D eigenvalue weighted by molar-refractivity contribution is 6.10. The van der Waals surface area contributed by atoms with E-state index >= 15 is 0 Å². The minimum absolute atomic E-state index is 0.0617. The van der Waals surface area contributed by atoms with Crippen molar-refractivity contribution >= 4 is 17.8 Å². The first-order valence-corrected chi connectivity index (χ1v) is 9.68. The molecular formula is C20H26N4O3. The Hall–Kier alpha value is -2.41. The fraction of sp³-hybridized carbons (Fsp3) is 0.550. The normalized spacial score (nSPS) is 28.1. The highest BCUT2D eigenvalue weighted by atomic mass is 16.2. The molecule has 144 valence electrons. The minimum atomic E-state index is -0.820. The van der Waals surface area contributed by atoms with Crippen LogP contribution in [0.3, 0.4) is 0 Å². The fourth-order valence-corrected chi connectivity index (χ4v) is 4.75. The molecule has 4 rings (SSSR count). The standard InChI is InChI=1S/C20H26N4O3/c1-13(24-18(26)20(22-19(24)27)9-5-6-10-20)17(25)23-11-15(16(21)12-23)14-7-3-2-4-8-14/h2-4,7-8,13,15-16H,5-6,9-12,21H2,1H3,(H,22,27)/t13?,15-,16+/m0/s1. The van der Waals surface area contributed by atoms with Crippen LogP contribution in [0.4, 0.5) is 4.79 Å². The minimum Gasteiger partial charge on any atom is -0.339 e. The Balaban J connectivity index is 1.48. The van der Waals surface area contributed by atoms with Gasteiger partial charge in [-0.25, -0.2) is 9.69 Å². The second kappa shape index (κ2) is 6.64. The molecule has 1 aliphatic carbocycles. The van der Waals surface area contributed by atoms with E-state index in [4.69, 9.17) is 5.73 Å². The largest absolute Gasteiger partial charge is 0.339 e. The van der Waals surface area contributed by atoms with Crippen molar-refractivity contribution in [1.82, 2.24) is 15.1 Å². The lowest BCUT2D eigenvalue weighted by atomic mass is 9.95. The number of hydrogen-bond acceptors (Lipinski definition) is 4.